The predicted octanol–water partition coefficient (Wildman–Crippen LogP) is 6.61. The monoisotopic (exact) mass is 497 g/mol. The molecular formula is C27H26F3N3O3. The number of nitrogens with one attached hydrogen (secondary N) is 1. The number of aryl methyl sites for hydroxylation is 3. The van der Waals surface area contributed by atoms with Crippen LogP contribution in [0.3, 0.4) is 0 Å². The van der Waals surface area contributed by atoms with Gasteiger partial charge in [0.1, 0.15) is 18.1 Å². The number of anilines is 1. The van der Waals surface area contributed by atoms with Crippen molar-refractivity contribution >= 4 is 11.6 Å². The first-order chi connectivity index (χ1) is 17.0. The highest BCUT2D eigenvalue weighted by Gasteiger charge is 2.30. The fourth-order valence-corrected chi connectivity index (χ4v) is 3.97. The van der Waals surface area contributed by atoms with E-state index in [1.807, 2.05) is 32.0 Å². The Morgan fingerprint density at radius 2 is 1.75 bits per heavy atom. The topological polar surface area (TPSA) is 69.3 Å². The van der Waals surface area contributed by atoms with Gasteiger partial charge in [-0.15, -0.1) is 0 Å². The lowest BCUT2D eigenvalue weighted by atomic mass is 10.1. The lowest BCUT2D eigenvalue weighted by Crippen LogP contribution is -2.13. The molecule has 0 fully saturated rings. The molecule has 36 heavy (non-hydrogen) atoms. The van der Waals surface area contributed by atoms with Gasteiger partial charge in [-0.05, 0) is 80.8 Å². The zero-order valence-corrected chi connectivity index (χ0v) is 20.4. The third kappa shape index (κ3) is 5.79. The van der Waals surface area contributed by atoms with Crippen molar-refractivity contribution in [1.29, 1.82) is 0 Å². The molecule has 1 N–H and O–H groups in total. The molecule has 0 saturated carbocycles. The summed E-state index contributed by atoms with van der Waals surface area (Å²) in [6.45, 7) is 7.74. The second-order valence-corrected chi connectivity index (χ2v) is 8.73. The lowest BCUT2D eigenvalue weighted by Gasteiger charge is -2.10. The first kappa shape index (κ1) is 25.1. The Labute approximate surface area is 206 Å². The number of hydrogen-bond acceptors (Lipinski definition) is 4. The van der Waals surface area contributed by atoms with Crippen molar-refractivity contribution in [3.8, 4) is 5.75 Å². The van der Waals surface area contributed by atoms with Gasteiger partial charge >= 0.3 is 6.18 Å². The number of aromatic nitrogens is 2. The highest BCUT2D eigenvalue weighted by atomic mass is 19.4. The third-order valence-corrected chi connectivity index (χ3v) is 5.67. The average molecular weight is 498 g/mol. The smallest absolute Gasteiger partial charge is 0.416 e. The molecule has 0 atom stereocenters. The molecule has 4 aromatic rings. The van der Waals surface area contributed by atoms with Crippen molar-refractivity contribution < 1.29 is 27.1 Å². The molecule has 0 saturated heterocycles. The third-order valence-electron chi connectivity index (χ3n) is 5.67. The van der Waals surface area contributed by atoms with Gasteiger partial charge in [-0.1, -0.05) is 18.2 Å². The summed E-state index contributed by atoms with van der Waals surface area (Å²) < 4.78 is 52.1. The first-order valence-corrected chi connectivity index (χ1v) is 11.3. The van der Waals surface area contributed by atoms with Crippen LogP contribution in [0, 0.1) is 27.7 Å². The van der Waals surface area contributed by atoms with Crippen LogP contribution in [0.5, 0.6) is 5.75 Å². The van der Waals surface area contributed by atoms with Crippen molar-refractivity contribution in [2.75, 3.05) is 5.32 Å². The standard InChI is InChI=1S/C27H26F3N3O3/c1-16-10-17(2)12-23(11-16)35-15-22-8-9-24(36-22)26(34)31-25-18(3)32-33(19(25)4)14-20-6-5-7-21(13-20)27(28,29)30/h5-13H,14-15H2,1-4H3,(H,31,34). The highest BCUT2D eigenvalue weighted by molar-refractivity contribution is 6.02. The summed E-state index contributed by atoms with van der Waals surface area (Å²) in [4.78, 5) is 12.8. The fraction of sp³-hybridized carbons (Fsp3) is 0.259. The second-order valence-electron chi connectivity index (χ2n) is 8.73. The molecule has 1 amide bonds. The minimum atomic E-state index is -4.42. The van der Waals surface area contributed by atoms with E-state index >= 15 is 0 Å². The van der Waals surface area contributed by atoms with Crippen LogP contribution in [0.4, 0.5) is 18.9 Å². The molecule has 0 radical (unpaired) electrons. The van der Waals surface area contributed by atoms with Crippen LogP contribution in [-0.4, -0.2) is 15.7 Å². The van der Waals surface area contributed by atoms with Gasteiger partial charge in [-0.25, -0.2) is 0 Å². The zero-order chi connectivity index (χ0) is 26.0. The number of ether oxygens (including phenoxy) is 1. The molecule has 0 aliphatic carbocycles. The molecular weight excluding hydrogens is 471 g/mol. The second kappa shape index (κ2) is 9.93. The molecule has 188 valence electrons. The normalized spacial score (nSPS) is 11.5. The van der Waals surface area contributed by atoms with Crippen LogP contribution < -0.4 is 10.1 Å². The number of carbonyl (C=O) groups excluding carboxylic acids is 1. The van der Waals surface area contributed by atoms with E-state index in [0.29, 0.717) is 34.1 Å². The van der Waals surface area contributed by atoms with E-state index in [0.717, 1.165) is 23.3 Å². The number of amides is 1. The van der Waals surface area contributed by atoms with E-state index in [1.54, 1.807) is 36.7 Å². The van der Waals surface area contributed by atoms with E-state index in [1.165, 1.54) is 6.07 Å². The number of rotatable bonds is 7. The Balaban J connectivity index is 1.43. The van der Waals surface area contributed by atoms with Gasteiger partial charge in [0, 0.05) is 0 Å². The summed E-state index contributed by atoms with van der Waals surface area (Å²) >= 11 is 0. The number of carbonyl (C=O) groups is 1. The summed E-state index contributed by atoms with van der Waals surface area (Å²) in [7, 11) is 0. The van der Waals surface area contributed by atoms with Crippen molar-refractivity contribution in [2.24, 2.45) is 0 Å². The molecule has 0 spiro atoms. The molecule has 4 rings (SSSR count). The molecule has 9 heteroatoms. The Morgan fingerprint density at radius 3 is 2.44 bits per heavy atom. The molecule has 0 aliphatic rings. The maximum absolute atomic E-state index is 13.0. The molecule has 0 aliphatic heterocycles. The summed E-state index contributed by atoms with van der Waals surface area (Å²) in [5, 5.41) is 7.20. The van der Waals surface area contributed by atoms with Crippen LogP contribution in [0.15, 0.2) is 59.0 Å². The number of hydrogen-bond donors (Lipinski definition) is 1. The van der Waals surface area contributed by atoms with Crippen LogP contribution in [0.1, 0.15) is 50.0 Å². The summed E-state index contributed by atoms with van der Waals surface area (Å²) in [5.74, 6) is 0.859. The Hall–Kier alpha value is -4.01. The Morgan fingerprint density at radius 1 is 1.03 bits per heavy atom. The Kier molecular flexibility index (Phi) is 6.92. The minimum Gasteiger partial charge on any atom is -0.486 e. The Bertz CT molecular complexity index is 1380. The molecule has 2 aromatic heterocycles. The molecule has 0 unspecified atom stereocenters. The number of nitrogens with zero attached hydrogens (tertiary/aromatic N) is 2. The first-order valence-electron chi connectivity index (χ1n) is 11.3. The SMILES string of the molecule is Cc1cc(C)cc(OCc2ccc(C(=O)Nc3c(C)nn(Cc4cccc(C(F)(F)F)c4)c3C)o2)c1. The van der Waals surface area contributed by atoms with E-state index in [-0.39, 0.29) is 18.9 Å². The fourth-order valence-electron chi connectivity index (χ4n) is 3.97. The number of alkyl halides is 3. The zero-order valence-electron chi connectivity index (χ0n) is 20.4. The maximum atomic E-state index is 13.0. The van der Waals surface area contributed by atoms with Crippen molar-refractivity contribution in [2.45, 2.75) is 47.0 Å². The largest absolute Gasteiger partial charge is 0.486 e. The highest BCUT2D eigenvalue weighted by Crippen LogP contribution is 2.30. The van der Waals surface area contributed by atoms with Gasteiger partial charge < -0.3 is 14.5 Å². The minimum absolute atomic E-state index is 0.110. The van der Waals surface area contributed by atoms with E-state index in [4.69, 9.17) is 9.15 Å². The summed E-state index contributed by atoms with van der Waals surface area (Å²) in [5.41, 5.74) is 3.54. The summed E-state index contributed by atoms with van der Waals surface area (Å²) in [6.07, 6.45) is -4.42. The maximum Gasteiger partial charge on any atom is 0.416 e. The quantitative estimate of drug-likeness (QED) is 0.312. The van der Waals surface area contributed by atoms with Gasteiger partial charge in [-0.3, -0.25) is 9.48 Å². The molecule has 6 nitrogen and oxygen atoms in total. The summed E-state index contributed by atoms with van der Waals surface area (Å²) in [6, 6.07) is 14.2. The van der Waals surface area contributed by atoms with Crippen molar-refractivity contribution in [3.05, 3.63) is 99.8 Å². The average Bonchev–Trinajstić information content (AvgIpc) is 3.37. The van der Waals surface area contributed by atoms with Crippen LogP contribution in [0.2, 0.25) is 0 Å². The van der Waals surface area contributed by atoms with E-state index in [2.05, 4.69) is 10.4 Å². The molecule has 2 aromatic carbocycles. The van der Waals surface area contributed by atoms with Gasteiger partial charge in [0.15, 0.2) is 5.76 Å². The lowest BCUT2D eigenvalue weighted by molar-refractivity contribution is -0.137. The van der Waals surface area contributed by atoms with Crippen LogP contribution >= 0.6 is 0 Å². The predicted molar refractivity (Wildman–Crippen MR) is 129 cm³/mol. The van der Waals surface area contributed by atoms with Gasteiger partial charge in [0.05, 0.1) is 29.2 Å². The van der Waals surface area contributed by atoms with Crippen LogP contribution in [-0.2, 0) is 19.3 Å². The van der Waals surface area contributed by atoms with Crippen molar-refractivity contribution in [1.82, 2.24) is 9.78 Å². The number of benzene rings is 2. The van der Waals surface area contributed by atoms with E-state index < -0.39 is 17.6 Å². The van der Waals surface area contributed by atoms with Gasteiger partial charge in [0.2, 0.25) is 0 Å². The number of furan rings is 1. The van der Waals surface area contributed by atoms with Gasteiger partial charge in [0.25, 0.3) is 5.91 Å². The van der Waals surface area contributed by atoms with Crippen molar-refractivity contribution in [3.63, 3.8) is 0 Å². The van der Waals surface area contributed by atoms with Crippen LogP contribution in [0.25, 0.3) is 0 Å². The molecule has 2 heterocycles. The number of halogens is 3. The van der Waals surface area contributed by atoms with Gasteiger partial charge in [-0.2, -0.15) is 18.3 Å². The van der Waals surface area contributed by atoms with E-state index in [9.17, 15) is 18.0 Å². The molecule has 0 bridgehead atoms.